The highest BCUT2D eigenvalue weighted by atomic mass is 35.5. The Kier molecular flexibility index (Phi) is 7.00. The molecule has 0 heterocycles. The predicted octanol–water partition coefficient (Wildman–Crippen LogP) is 4.24. The summed E-state index contributed by atoms with van der Waals surface area (Å²) < 4.78 is 5.65. The zero-order chi connectivity index (χ0) is 16.9. The molecule has 1 unspecified atom stereocenters. The van der Waals surface area contributed by atoms with E-state index in [1.165, 1.54) is 0 Å². The van der Waals surface area contributed by atoms with Crippen molar-refractivity contribution in [2.45, 2.75) is 44.8 Å². The van der Waals surface area contributed by atoms with Crippen LogP contribution >= 0.6 is 12.4 Å². The molecule has 0 aliphatic carbocycles. The molecule has 0 radical (unpaired) electrons. The van der Waals surface area contributed by atoms with E-state index < -0.39 is 11.0 Å². The van der Waals surface area contributed by atoms with E-state index in [-0.39, 0.29) is 25.0 Å². The van der Waals surface area contributed by atoms with Gasteiger partial charge in [0.25, 0.3) is 0 Å². The maximum atomic E-state index is 13.0. The molecule has 2 aromatic carbocycles. The van der Waals surface area contributed by atoms with Gasteiger partial charge in [0.15, 0.2) is 0 Å². The standard InChI is InChI=1S/C20H25NO2.ClH/c1-4-20(19(2,3)21,17-13-9-6-10-14-17)18(22)23-15-16-11-7-5-8-12-16;/h5-14H,4,15,21H2,1-3H3;1H. The Balaban J connectivity index is 0.00000288. The van der Waals surface area contributed by atoms with Crippen molar-refractivity contribution in [1.82, 2.24) is 0 Å². The first-order valence-corrected chi connectivity index (χ1v) is 7.97. The SMILES string of the molecule is CCC(C(=O)OCc1ccccc1)(c1ccccc1)C(C)(C)N.Cl. The lowest BCUT2D eigenvalue weighted by atomic mass is 9.65. The summed E-state index contributed by atoms with van der Waals surface area (Å²) in [7, 11) is 0. The van der Waals surface area contributed by atoms with E-state index >= 15 is 0 Å². The maximum absolute atomic E-state index is 13.0. The Labute approximate surface area is 150 Å². The minimum atomic E-state index is -0.872. The van der Waals surface area contributed by atoms with Gasteiger partial charge in [0.1, 0.15) is 12.0 Å². The van der Waals surface area contributed by atoms with Crippen LogP contribution in [0.3, 0.4) is 0 Å². The Bertz CT molecular complexity index is 638. The van der Waals surface area contributed by atoms with Crippen molar-refractivity contribution in [3.8, 4) is 0 Å². The van der Waals surface area contributed by atoms with E-state index in [1.807, 2.05) is 81.4 Å². The third-order valence-corrected chi connectivity index (χ3v) is 4.46. The van der Waals surface area contributed by atoms with Gasteiger partial charge < -0.3 is 10.5 Å². The van der Waals surface area contributed by atoms with Crippen LogP contribution in [-0.4, -0.2) is 11.5 Å². The lowest BCUT2D eigenvalue weighted by Crippen LogP contribution is -2.59. The Morgan fingerprint density at radius 3 is 1.96 bits per heavy atom. The number of carbonyl (C=O) groups is 1. The smallest absolute Gasteiger partial charge is 0.318 e. The van der Waals surface area contributed by atoms with Crippen molar-refractivity contribution in [3.63, 3.8) is 0 Å². The number of rotatable bonds is 6. The van der Waals surface area contributed by atoms with E-state index in [4.69, 9.17) is 10.5 Å². The van der Waals surface area contributed by atoms with Crippen molar-refractivity contribution < 1.29 is 9.53 Å². The number of halogens is 1. The summed E-state index contributed by atoms with van der Waals surface area (Å²) in [6.45, 7) is 6.00. The minimum Gasteiger partial charge on any atom is -0.460 e. The van der Waals surface area contributed by atoms with Crippen molar-refractivity contribution in [2.75, 3.05) is 0 Å². The molecule has 24 heavy (non-hydrogen) atoms. The molecule has 3 nitrogen and oxygen atoms in total. The molecule has 0 spiro atoms. The van der Waals surface area contributed by atoms with Crippen LogP contribution in [-0.2, 0) is 21.6 Å². The number of carbonyl (C=O) groups excluding carboxylic acids is 1. The monoisotopic (exact) mass is 347 g/mol. The fourth-order valence-corrected chi connectivity index (χ4v) is 3.13. The fourth-order valence-electron chi connectivity index (χ4n) is 3.13. The summed E-state index contributed by atoms with van der Waals surface area (Å²) in [4.78, 5) is 13.0. The molecular formula is C20H26ClNO2. The molecular weight excluding hydrogens is 322 g/mol. The highest BCUT2D eigenvalue weighted by Gasteiger charge is 2.50. The summed E-state index contributed by atoms with van der Waals surface area (Å²) in [5.41, 5.74) is 6.68. The largest absolute Gasteiger partial charge is 0.460 e. The van der Waals surface area contributed by atoms with Crippen LogP contribution in [0.25, 0.3) is 0 Å². The van der Waals surface area contributed by atoms with Crippen LogP contribution in [0.4, 0.5) is 0 Å². The molecule has 0 fully saturated rings. The average molecular weight is 348 g/mol. The van der Waals surface area contributed by atoms with Crippen molar-refractivity contribution in [3.05, 3.63) is 71.8 Å². The molecule has 0 aliphatic heterocycles. The first-order chi connectivity index (χ1) is 10.9. The van der Waals surface area contributed by atoms with Crippen LogP contribution in [0.15, 0.2) is 60.7 Å². The molecule has 2 N–H and O–H groups in total. The lowest BCUT2D eigenvalue weighted by Gasteiger charge is -2.42. The summed E-state index contributed by atoms with van der Waals surface area (Å²) in [6.07, 6.45) is 0.578. The van der Waals surface area contributed by atoms with E-state index in [0.29, 0.717) is 6.42 Å². The molecule has 0 aromatic heterocycles. The first kappa shape index (κ1) is 20.2. The Hall–Kier alpha value is -1.84. The summed E-state index contributed by atoms with van der Waals surface area (Å²) >= 11 is 0. The molecule has 0 amide bonds. The number of nitrogens with two attached hydrogens (primary N) is 1. The van der Waals surface area contributed by atoms with E-state index in [2.05, 4.69) is 0 Å². The topological polar surface area (TPSA) is 52.3 Å². The number of benzene rings is 2. The Morgan fingerprint density at radius 1 is 1.00 bits per heavy atom. The first-order valence-electron chi connectivity index (χ1n) is 7.97. The van der Waals surface area contributed by atoms with Gasteiger partial charge in [0.05, 0.1) is 0 Å². The Morgan fingerprint density at radius 2 is 1.50 bits per heavy atom. The number of esters is 1. The normalized spacial score (nSPS) is 13.5. The van der Waals surface area contributed by atoms with Gasteiger partial charge in [-0.25, -0.2) is 0 Å². The third-order valence-electron chi connectivity index (χ3n) is 4.46. The third kappa shape index (κ3) is 3.97. The van der Waals surface area contributed by atoms with Crippen LogP contribution < -0.4 is 5.73 Å². The van der Waals surface area contributed by atoms with Crippen LogP contribution in [0.5, 0.6) is 0 Å². The fraction of sp³-hybridized carbons (Fsp3) is 0.350. The number of ether oxygens (including phenoxy) is 1. The molecule has 2 rings (SSSR count). The van der Waals surface area contributed by atoms with Gasteiger partial charge in [-0.2, -0.15) is 0 Å². The average Bonchev–Trinajstić information content (AvgIpc) is 2.55. The number of hydrogen-bond acceptors (Lipinski definition) is 3. The highest BCUT2D eigenvalue weighted by Crippen LogP contribution is 2.38. The van der Waals surface area contributed by atoms with E-state index in [1.54, 1.807) is 0 Å². The van der Waals surface area contributed by atoms with Gasteiger partial charge in [-0.1, -0.05) is 67.6 Å². The lowest BCUT2D eigenvalue weighted by molar-refractivity contribution is -0.155. The van der Waals surface area contributed by atoms with Gasteiger partial charge >= 0.3 is 5.97 Å². The summed E-state index contributed by atoms with van der Waals surface area (Å²) in [6, 6.07) is 19.4. The number of hydrogen-bond donors (Lipinski definition) is 1. The molecule has 1 atom stereocenters. The van der Waals surface area contributed by atoms with Gasteiger partial charge in [-0.15, -0.1) is 12.4 Å². The molecule has 0 bridgehead atoms. The van der Waals surface area contributed by atoms with Crippen LogP contribution in [0.2, 0.25) is 0 Å². The van der Waals surface area contributed by atoms with E-state index in [9.17, 15) is 4.79 Å². The molecule has 130 valence electrons. The summed E-state index contributed by atoms with van der Waals surface area (Å²) in [5.74, 6) is -0.275. The molecule has 4 heteroatoms. The molecule has 0 aliphatic rings. The van der Waals surface area contributed by atoms with E-state index in [0.717, 1.165) is 11.1 Å². The van der Waals surface area contributed by atoms with Crippen LogP contribution in [0.1, 0.15) is 38.3 Å². The molecule has 0 saturated heterocycles. The zero-order valence-corrected chi connectivity index (χ0v) is 15.3. The predicted molar refractivity (Wildman–Crippen MR) is 100 cm³/mol. The maximum Gasteiger partial charge on any atom is 0.318 e. The highest BCUT2D eigenvalue weighted by molar-refractivity contribution is 5.85. The van der Waals surface area contributed by atoms with Gasteiger partial charge in [0.2, 0.25) is 0 Å². The summed E-state index contributed by atoms with van der Waals surface area (Å²) in [5, 5.41) is 0. The van der Waals surface area contributed by atoms with Gasteiger partial charge in [-0.05, 0) is 31.4 Å². The molecule has 2 aromatic rings. The van der Waals surface area contributed by atoms with Gasteiger partial charge in [-0.3, -0.25) is 4.79 Å². The second-order valence-corrected chi connectivity index (χ2v) is 6.41. The van der Waals surface area contributed by atoms with Crippen LogP contribution in [0, 0.1) is 0 Å². The zero-order valence-electron chi connectivity index (χ0n) is 14.5. The quantitative estimate of drug-likeness (QED) is 0.795. The van der Waals surface area contributed by atoms with Crippen molar-refractivity contribution in [2.24, 2.45) is 5.73 Å². The van der Waals surface area contributed by atoms with Crippen molar-refractivity contribution in [1.29, 1.82) is 0 Å². The molecule has 0 saturated carbocycles. The van der Waals surface area contributed by atoms with Gasteiger partial charge in [0, 0.05) is 5.54 Å². The minimum absolute atomic E-state index is 0. The second kappa shape index (κ2) is 8.32. The van der Waals surface area contributed by atoms with Crippen molar-refractivity contribution >= 4 is 18.4 Å². The second-order valence-electron chi connectivity index (χ2n) is 6.41.